The van der Waals surface area contributed by atoms with Gasteiger partial charge in [0.1, 0.15) is 5.75 Å². The quantitative estimate of drug-likeness (QED) is 0.740. The fourth-order valence-corrected chi connectivity index (χ4v) is 1.82. The average Bonchev–Trinajstić information content (AvgIpc) is 2.35. The molecule has 0 saturated carbocycles. The molecule has 0 saturated heterocycles. The van der Waals surface area contributed by atoms with Crippen molar-refractivity contribution in [2.75, 3.05) is 13.9 Å². The third kappa shape index (κ3) is 2.77. The topological polar surface area (TPSA) is 18.5 Å². The summed E-state index contributed by atoms with van der Waals surface area (Å²) in [5.74, 6) is 1.40. The lowest BCUT2D eigenvalue weighted by atomic mass is 9.99. The van der Waals surface area contributed by atoms with Crippen molar-refractivity contribution < 1.29 is 9.47 Å². The van der Waals surface area contributed by atoms with Gasteiger partial charge >= 0.3 is 0 Å². The van der Waals surface area contributed by atoms with Gasteiger partial charge in [-0.25, -0.2) is 0 Å². The van der Waals surface area contributed by atoms with E-state index in [2.05, 4.69) is 38.1 Å². The molecule has 0 atom stereocenters. The highest BCUT2D eigenvalue weighted by Crippen LogP contribution is 2.24. The van der Waals surface area contributed by atoms with Crippen LogP contribution < -0.4 is 4.74 Å². The molecule has 0 heterocycles. The summed E-state index contributed by atoms with van der Waals surface area (Å²) >= 11 is 0. The van der Waals surface area contributed by atoms with Gasteiger partial charge in [0.15, 0.2) is 6.79 Å². The molecule has 2 rings (SSSR count). The van der Waals surface area contributed by atoms with E-state index in [0.29, 0.717) is 5.92 Å². The Balaban J connectivity index is 2.33. The van der Waals surface area contributed by atoms with Crippen molar-refractivity contribution in [2.24, 2.45) is 0 Å². The van der Waals surface area contributed by atoms with Crippen molar-refractivity contribution >= 4 is 10.8 Å². The molecule has 0 fully saturated rings. The first-order valence-electron chi connectivity index (χ1n) is 5.86. The van der Waals surface area contributed by atoms with E-state index in [1.54, 1.807) is 7.11 Å². The molecule has 0 aliphatic rings. The molecule has 0 bridgehead atoms. The van der Waals surface area contributed by atoms with Crippen LogP contribution in [0.5, 0.6) is 5.75 Å². The fraction of sp³-hybridized carbons (Fsp3) is 0.333. The molecule has 90 valence electrons. The van der Waals surface area contributed by atoms with Crippen LogP contribution in [0.1, 0.15) is 25.3 Å². The second-order valence-corrected chi connectivity index (χ2v) is 4.47. The molecule has 2 aromatic carbocycles. The first-order chi connectivity index (χ1) is 8.20. The largest absolute Gasteiger partial charge is 0.468 e. The summed E-state index contributed by atoms with van der Waals surface area (Å²) in [6, 6.07) is 12.7. The van der Waals surface area contributed by atoms with Crippen LogP contribution in [0.3, 0.4) is 0 Å². The Morgan fingerprint density at radius 2 is 1.71 bits per heavy atom. The third-order valence-electron chi connectivity index (χ3n) is 2.85. The van der Waals surface area contributed by atoms with Crippen LogP contribution in [0.4, 0.5) is 0 Å². The Hall–Kier alpha value is -1.54. The summed E-state index contributed by atoms with van der Waals surface area (Å²) in [4.78, 5) is 0. The Bertz CT molecular complexity index is 503. The monoisotopic (exact) mass is 230 g/mol. The van der Waals surface area contributed by atoms with Gasteiger partial charge in [-0.3, -0.25) is 0 Å². The standard InChI is InChI=1S/C15H18O2/c1-11(2)12-4-5-14-9-15(17-10-16-3)7-6-13(14)8-12/h4-9,11H,10H2,1-3H3. The predicted octanol–water partition coefficient (Wildman–Crippen LogP) is 3.95. The molecule has 17 heavy (non-hydrogen) atoms. The van der Waals surface area contributed by atoms with Crippen molar-refractivity contribution in [3.05, 3.63) is 42.0 Å². The average molecular weight is 230 g/mol. The molecule has 2 aromatic rings. The minimum Gasteiger partial charge on any atom is -0.468 e. The first-order valence-corrected chi connectivity index (χ1v) is 5.86. The van der Waals surface area contributed by atoms with Gasteiger partial charge in [-0.2, -0.15) is 0 Å². The summed E-state index contributed by atoms with van der Waals surface area (Å²) in [7, 11) is 1.62. The van der Waals surface area contributed by atoms with Gasteiger partial charge in [0.2, 0.25) is 0 Å². The van der Waals surface area contributed by atoms with E-state index in [-0.39, 0.29) is 6.79 Å². The van der Waals surface area contributed by atoms with Gasteiger partial charge in [-0.1, -0.05) is 38.1 Å². The molecule has 2 nitrogen and oxygen atoms in total. The van der Waals surface area contributed by atoms with Gasteiger partial charge < -0.3 is 9.47 Å². The van der Waals surface area contributed by atoms with Crippen LogP contribution >= 0.6 is 0 Å². The fourth-order valence-electron chi connectivity index (χ4n) is 1.82. The van der Waals surface area contributed by atoms with Crippen molar-refractivity contribution in [3.8, 4) is 5.75 Å². The van der Waals surface area contributed by atoms with Gasteiger partial charge in [-0.05, 0) is 34.4 Å². The molecule has 0 spiro atoms. The second kappa shape index (κ2) is 5.19. The van der Waals surface area contributed by atoms with Crippen LogP contribution in [0.15, 0.2) is 36.4 Å². The van der Waals surface area contributed by atoms with Crippen LogP contribution in [-0.2, 0) is 4.74 Å². The van der Waals surface area contributed by atoms with Crippen molar-refractivity contribution in [2.45, 2.75) is 19.8 Å². The van der Waals surface area contributed by atoms with E-state index < -0.39 is 0 Å². The minimum absolute atomic E-state index is 0.287. The Labute approximate surface area is 102 Å². The summed E-state index contributed by atoms with van der Waals surface area (Å²) in [5.41, 5.74) is 1.36. The van der Waals surface area contributed by atoms with Crippen LogP contribution in [0, 0.1) is 0 Å². The summed E-state index contributed by atoms with van der Waals surface area (Å²) < 4.78 is 10.3. The molecule has 0 amide bonds. The second-order valence-electron chi connectivity index (χ2n) is 4.47. The van der Waals surface area contributed by atoms with E-state index in [9.17, 15) is 0 Å². The number of fused-ring (bicyclic) bond motifs is 1. The van der Waals surface area contributed by atoms with E-state index in [1.807, 2.05) is 12.1 Å². The lowest BCUT2D eigenvalue weighted by Gasteiger charge is -2.09. The summed E-state index contributed by atoms with van der Waals surface area (Å²) in [6.45, 7) is 4.70. The molecule has 0 radical (unpaired) electrons. The molecule has 0 aliphatic carbocycles. The predicted molar refractivity (Wildman–Crippen MR) is 70.5 cm³/mol. The van der Waals surface area contributed by atoms with E-state index in [0.717, 1.165) is 5.75 Å². The van der Waals surface area contributed by atoms with Crippen molar-refractivity contribution in [1.29, 1.82) is 0 Å². The first kappa shape index (κ1) is 11.9. The number of ether oxygens (including phenoxy) is 2. The van der Waals surface area contributed by atoms with E-state index >= 15 is 0 Å². The lowest BCUT2D eigenvalue weighted by Crippen LogP contribution is -1.98. The molecule has 0 N–H and O–H groups in total. The number of rotatable bonds is 4. The molecule has 2 heteroatoms. The zero-order chi connectivity index (χ0) is 12.3. The number of methoxy groups -OCH3 is 1. The normalized spacial score (nSPS) is 11.1. The Morgan fingerprint density at radius 3 is 2.41 bits per heavy atom. The number of benzene rings is 2. The maximum atomic E-state index is 5.42. The van der Waals surface area contributed by atoms with Crippen LogP contribution in [-0.4, -0.2) is 13.9 Å². The lowest BCUT2D eigenvalue weighted by molar-refractivity contribution is 0.0512. The molecule has 0 unspecified atom stereocenters. The smallest absolute Gasteiger partial charge is 0.188 e. The van der Waals surface area contributed by atoms with Gasteiger partial charge in [0, 0.05) is 7.11 Å². The zero-order valence-electron chi connectivity index (χ0n) is 10.6. The maximum Gasteiger partial charge on any atom is 0.188 e. The van der Waals surface area contributed by atoms with Gasteiger partial charge in [0.25, 0.3) is 0 Å². The molecule has 0 aliphatic heterocycles. The van der Waals surface area contributed by atoms with E-state index in [4.69, 9.17) is 9.47 Å². The molecule has 0 aromatic heterocycles. The van der Waals surface area contributed by atoms with Crippen LogP contribution in [0.25, 0.3) is 10.8 Å². The van der Waals surface area contributed by atoms with Crippen molar-refractivity contribution in [3.63, 3.8) is 0 Å². The summed E-state index contributed by atoms with van der Waals surface area (Å²) in [6.07, 6.45) is 0. The highest BCUT2D eigenvalue weighted by atomic mass is 16.7. The van der Waals surface area contributed by atoms with Gasteiger partial charge in [0.05, 0.1) is 0 Å². The zero-order valence-corrected chi connectivity index (χ0v) is 10.6. The van der Waals surface area contributed by atoms with Crippen LogP contribution in [0.2, 0.25) is 0 Å². The summed E-state index contributed by atoms with van der Waals surface area (Å²) in [5, 5.41) is 2.45. The number of hydrogen-bond acceptors (Lipinski definition) is 2. The minimum atomic E-state index is 0.287. The maximum absolute atomic E-state index is 5.42. The third-order valence-corrected chi connectivity index (χ3v) is 2.85. The van der Waals surface area contributed by atoms with Gasteiger partial charge in [-0.15, -0.1) is 0 Å². The molecular formula is C15H18O2. The highest BCUT2D eigenvalue weighted by molar-refractivity contribution is 5.84. The Kier molecular flexibility index (Phi) is 3.64. The molecular weight excluding hydrogens is 212 g/mol. The Morgan fingerprint density at radius 1 is 1.00 bits per heavy atom. The highest BCUT2D eigenvalue weighted by Gasteiger charge is 2.02. The van der Waals surface area contributed by atoms with E-state index in [1.165, 1.54) is 16.3 Å². The number of hydrogen-bond donors (Lipinski definition) is 0. The van der Waals surface area contributed by atoms with Crippen molar-refractivity contribution in [1.82, 2.24) is 0 Å². The SMILES string of the molecule is COCOc1ccc2cc(C(C)C)ccc2c1.